The zero-order valence-corrected chi connectivity index (χ0v) is 35.3. The average molecular weight is 775 g/mol. The van der Waals surface area contributed by atoms with E-state index in [4.69, 9.17) is 26.5 Å². The molecule has 10 heteroatoms. The van der Waals surface area contributed by atoms with Gasteiger partial charge in [-0.2, -0.15) is 0 Å². The number of methoxy groups -OCH3 is 2. The molecule has 0 N–H and O–H groups in total. The molecule has 54 heavy (non-hydrogen) atoms. The second-order valence-corrected chi connectivity index (χ2v) is 20.8. The molecule has 1 aliphatic heterocycles. The van der Waals surface area contributed by atoms with Crippen LogP contribution in [0.4, 0.5) is 0 Å². The number of thioether (sulfide) groups is 1. The van der Waals surface area contributed by atoms with Gasteiger partial charge in [0, 0.05) is 5.41 Å². The molecular formula is C44H58N2O6S2. The first-order valence-electron chi connectivity index (χ1n) is 19.8. The third-order valence-electron chi connectivity index (χ3n) is 15.8. The van der Waals surface area contributed by atoms with Crippen LogP contribution in [0.15, 0.2) is 46.0 Å². The minimum Gasteiger partial charge on any atom is -0.497 e. The number of nitrogens with zero attached hydrogens (tertiary/aromatic N) is 2. The van der Waals surface area contributed by atoms with Crippen LogP contribution in [-0.2, 0) is 24.0 Å². The molecule has 7 atom stereocenters. The number of carbonyl (C=O) groups is 3. The predicted molar refractivity (Wildman–Crippen MR) is 217 cm³/mol. The molecule has 3 unspecified atom stereocenters. The molecule has 0 spiro atoms. The first kappa shape index (κ1) is 39.3. The van der Waals surface area contributed by atoms with Crippen LogP contribution in [0.5, 0.6) is 5.75 Å². The number of benzene rings is 1. The summed E-state index contributed by atoms with van der Waals surface area (Å²) in [7, 11) is 3.18. The Hall–Kier alpha value is -2.98. The van der Waals surface area contributed by atoms with Gasteiger partial charge in [0.05, 0.1) is 30.3 Å². The lowest BCUT2D eigenvalue weighted by atomic mass is 9.33. The largest absolute Gasteiger partial charge is 0.497 e. The van der Waals surface area contributed by atoms with Crippen molar-refractivity contribution in [3.8, 4) is 5.75 Å². The van der Waals surface area contributed by atoms with E-state index in [1.54, 1.807) is 20.3 Å². The molecule has 1 heterocycles. The molecular weight excluding hydrogens is 717 g/mol. The second kappa shape index (κ2) is 13.6. The monoisotopic (exact) mass is 774 g/mol. The first-order valence-corrected chi connectivity index (χ1v) is 21.0. The van der Waals surface area contributed by atoms with Crippen LogP contribution in [0.1, 0.15) is 118 Å². The van der Waals surface area contributed by atoms with E-state index in [9.17, 15) is 14.4 Å². The number of esters is 1. The Kier molecular flexibility index (Phi) is 9.89. The molecule has 5 fully saturated rings. The van der Waals surface area contributed by atoms with E-state index in [0.717, 1.165) is 81.2 Å². The topological polar surface area (TPSA) is 94.5 Å². The van der Waals surface area contributed by atoms with Crippen molar-refractivity contribution in [3.63, 3.8) is 0 Å². The van der Waals surface area contributed by atoms with Gasteiger partial charge >= 0.3 is 11.9 Å². The SMILES string of the molecule is COC(=O)[C@]12CCC(C)(C)CC1C1=CCC3[C@@]4(C)CC/C(=N\OC(=O)CN5C(=O)/C(=C/c6ccc(OC)cc6)SC5=S)C(C)(C)C4CC[C@@]3(C)[C@]1(C)CC2. The van der Waals surface area contributed by atoms with Crippen LogP contribution < -0.4 is 4.74 Å². The molecule has 6 aliphatic rings. The van der Waals surface area contributed by atoms with E-state index in [1.165, 1.54) is 22.2 Å². The number of fused-ring (bicyclic) bond motifs is 7. The molecule has 5 aliphatic carbocycles. The van der Waals surface area contributed by atoms with E-state index >= 15 is 0 Å². The van der Waals surface area contributed by atoms with Gasteiger partial charge in [-0.05, 0) is 127 Å². The van der Waals surface area contributed by atoms with Crippen molar-refractivity contribution in [2.24, 2.45) is 55.4 Å². The number of hydrogen-bond acceptors (Lipinski definition) is 9. The summed E-state index contributed by atoms with van der Waals surface area (Å²) in [4.78, 5) is 47.4. The number of oxime groups is 1. The van der Waals surface area contributed by atoms with Gasteiger partial charge in [0.2, 0.25) is 0 Å². The van der Waals surface area contributed by atoms with Crippen LogP contribution in [0.3, 0.4) is 0 Å². The number of hydrogen-bond donors (Lipinski definition) is 0. The lowest BCUT2D eigenvalue weighted by molar-refractivity contribution is -0.181. The predicted octanol–water partition coefficient (Wildman–Crippen LogP) is 9.77. The summed E-state index contributed by atoms with van der Waals surface area (Å²) >= 11 is 6.67. The number of amides is 1. The standard InChI is InChI=1S/C44H58N2O6S2/c1-39(2)20-22-44(37(49)51-9)23-21-42(6)29(30(44)25-39)14-15-33-41(5)18-17-34(40(3,4)32(41)16-19-43(33,42)7)45-52-35(47)26-46-36(48)31(54-38(46)53)24-27-10-12-28(50-8)13-11-27/h10-14,24,30,32-33H,15-23,25-26H2,1-9H3/b31-24-,45-34+/t30?,32?,33?,41-,42+,43+,44-/m0/s1. The van der Waals surface area contributed by atoms with E-state index in [1.807, 2.05) is 24.3 Å². The summed E-state index contributed by atoms with van der Waals surface area (Å²) in [6.45, 7) is 16.6. The van der Waals surface area contributed by atoms with Gasteiger partial charge in [-0.25, -0.2) is 4.79 Å². The molecule has 7 rings (SSSR count). The highest BCUT2D eigenvalue weighted by Crippen LogP contribution is 2.75. The van der Waals surface area contributed by atoms with Crippen molar-refractivity contribution < 1.29 is 28.7 Å². The Labute approximate surface area is 331 Å². The van der Waals surface area contributed by atoms with E-state index in [-0.39, 0.29) is 51.4 Å². The maximum Gasteiger partial charge on any atom is 0.354 e. The fourth-order valence-electron chi connectivity index (χ4n) is 12.5. The molecule has 0 bridgehead atoms. The normalized spacial score (nSPS) is 38.1. The maximum atomic E-state index is 13.6. The van der Waals surface area contributed by atoms with Crippen LogP contribution >= 0.6 is 24.0 Å². The number of thiocarbonyl (C=S) groups is 1. The second-order valence-electron chi connectivity index (χ2n) is 19.1. The van der Waals surface area contributed by atoms with Gasteiger partial charge in [-0.15, -0.1) is 0 Å². The number of ether oxygens (including phenoxy) is 2. The van der Waals surface area contributed by atoms with Crippen LogP contribution in [-0.4, -0.2) is 53.5 Å². The highest BCUT2D eigenvalue weighted by atomic mass is 32.2. The Morgan fingerprint density at radius 2 is 1.67 bits per heavy atom. The summed E-state index contributed by atoms with van der Waals surface area (Å²) in [5.74, 6) is 0.894. The smallest absolute Gasteiger partial charge is 0.354 e. The van der Waals surface area contributed by atoms with E-state index in [0.29, 0.717) is 21.1 Å². The van der Waals surface area contributed by atoms with Crippen LogP contribution in [0.25, 0.3) is 6.08 Å². The summed E-state index contributed by atoms with van der Waals surface area (Å²) in [5, 5.41) is 4.54. The molecule has 0 radical (unpaired) electrons. The van der Waals surface area contributed by atoms with Crippen molar-refractivity contribution in [1.82, 2.24) is 4.90 Å². The lowest BCUT2D eigenvalue weighted by Crippen LogP contribution is -2.64. The number of carbonyl (C=O) groups excluding carboxylic acids is 3. The minimum atomic E-state index is -0.603. The third kappa shape index (κ3) is 6.02. The van der Waals surface area contributed by atoms with Crippen molar-refractivity contribution >= 4 is 57.9 Å². The average Bonchev–Trinajstić information content (AvgIpc) is 3.38. The van der Waals surface area contributed by atoms with Gasteiger partial charge in [0.1, 0.15) is 16.6 Å². The molecule has 1 aromatic rings. The third-order valence-corrected chi connectivity index (χ3v) is 17.2. The molecule has 0 aromatic heterocycles. The molecule has 1 amide bonds. The Morgan fingerprint density at radius 1 is 0.963 bits per heavy atom. The summed E-state index contributed by atoms with van der Waals surface area (Å²) < 4.78 is 11.1. The van der Waals surface area contributed by atoms with Crippen molar-refractivity contribution in [2.75, 3.05) is 20.8 Å². The molecule has 4 saturated carbocycles. The van der Waals surface area contributed by atoms with Crippen molar-refractivity contribution in [2.45, 2.75) is 113 Å². The zero-order valence-electron chi connectivity index (χ0n) is 33.6. The maximum absolute atomic E-state index is 13.6. The molecule has 292 valence electrons. The molecule has 1 aromatic carbocycles. The zero-order chi connectivity index (χ0) is 39.1. The Bertz CT molecular complexity index is 1850. The van der Waals surface area contributed by atoms with Gasteiger partial charge < -0.3 is 14.3 Å². The Morgan fingerprint density at radius 3 is 2.35 bits per heavy atom. The summed E-state index contributed by atoms with van der Waals surface area (Å²) in [6.07, 6.45) is 14.2. The molecule has 8 nitrogen and oxygen atoms in total. The van der Waals surface area contributed by atoms with Gasteiger partial charge in [0.15, 0.2) is 0 Å². The van der Waals surface area contributed by atoms with Crippen molar-refractivity contribution in [1.29, 1.82) is 0 Å². The fourth-order valence-corrected chi connectivity index (χ4v) is 13.8. The van der Waals surface area contributed by atoms with Gasteiger partial charge in [-0.3, -0.25) is 14.5 Å². The van der Waals surface area contributed by atoms with Crippen molar-refractivity contribution in [3.05, 3.63) is 46.4 Å². The lowest BCUT2D eigenvalue weighted by Gasteiger charge is -2.70. The van der Waals surface area contributed by atoms with Gasteiger partial charge in [0.25, 0.3) is 5.91 Å². The number of rotatable bonds is 6. The minimum absolute atomic E-state index is 0.00427. The Balaban J connectivity index is 1.07. The molecule has 1 saturated heterocycles. The number of allylic oxidation sites excluding steroid dienone is 2. The van der Waals surface area contributed by atoms with Crippen LogP contribution in [0.2, 0.25) is 0 Å². The summed E-state index contributed by atoms with van der Waals surface area (Å²) in [6, 6.07) is 7.39. The van der Waals surface area contributed by atoms with E-state index in [2.05, 4.69) is 59.7 Å². The first-order chi connectivity index (χ1) is 25.3. The fraction of sp³-hybridized carbons (Fsp3) is 0.659. The van der Waals surface area contributed by atoms with Gasteiger partial charge in [-0.1, -0.05) is 101 Å². The highest BCUT2D eigenvalue weighted by molar-refractivity contribution is 8.26. The highest BCUT2D eigenvalue weighted by Gasteiger charge is 2.69. The van der Waals surface area contributed by atoms with Crippen LogP contribution in [0, 0.1) is 50.2 Å². The summed E-state index contributed by atoms with van der Waals surface area (Å²) in [5.41, 5.74) is 3.00. The van der Waals surface area contributed by atoms with E-state index < -0.39 is 11.4 Å². The quantitative estimate of drug-likeness (QED) is 0.0705.